The highest BCUT2D eigenvalue weighted by Gasteiger charge is 2.07. The van der Waals surface area contributed by atoms with Gasteiger partial charge in [-0.25, -0.2) is 0 Å². The lowest BCUT2D eigenvalue weighted by Crippen LogP contribution is -2.27. The first-order valence-corrected chi connectivity index (χ1v) is 6.78. The second kappa shape index (κ2) is 6.60. The van der Waals surface area contributed by atoms with E-state index in [1.807, 2.05) is 42.5 Å². The van der Waals surface area contributed by atoms with Crippen LogP contribution in [0.3, 0.4) is 0 Å². The summed E-state index contributed by atoms with van der Waals surface area (Å²) in [6.45, 7) is 2.77. The Bertz CT molecular complexity index is 542. The molecule has 0 aromatic heterocycles. The summed E-state index contributed by atoms with van der Waals surface area (Å²) in [7, 11) is 0. The maximum Gasteiger partial charge on any atom is 0.120 e. The Hall–Kier alpha value is -1.51. The highest BCUT2D eigenvalue weighted by Crippen LogP contribution is 2.18. The fraction of sp³-hybridized carbons (Fsp3) is 0.250. The number of para-hydroxylation sites is 1. The third-order valence-electron chi connectivity index (χ3n) is 3.12. The molecule has 1 atom stereocenters. The fourth-order valence-corrected chi connectivity index (χ4v) is 2.22. The molecule has 0 heterocycles. The summed E-state index contributed by atoms with van der Waals surface area (Å²) in [5, 5.41) is 13.9. The zero-order valence-electron chi connectivity index (χ0n) is 10.9. The van der Waals surface area contributed by atoms with Crippen LogP contribution >= 0.6 is 11.6 Å². The largest absolute Gasteiger partial charge is 0.508 e. The van der Waals surface area contributed by atoms with Crippen molar-refractivity contribution in [3.63, 3.8) is 0 Å². The Kier molecular flexibility index (Phi) is 4.83. The standard InChI is InChI=1S/C16H18ClNO/c1-12(10-13-6-2-4-8-15(13)17)18-11-14-7-3-5-9-16(14)19/h2-9,12,18-19H,10-11H2,1H3. The molecule has 2 aromatic carbocycles. The molecule has 0 amide bonds. The van der Waals surface area contributed by atoms with Crippen molar-refractivity contribution < 1.29 is 5.11 Å². The molecule has 0 saturated carbocycles. The molecule has 0 spiro atoms. The van der Waals surface area contributed by atoms with Crippen molar-refractivity contribution >= 4 is 11.6 Å². The van der Waals surface area contributed by atoms with Crippen LogP contribution in [0, 0.1) is 0 Å². The van der Waals surface area contributed by atoms with Crippen molar-refractivity contribution in [2.45, 2.75) is 25.9 Å². The van der Waals surface area contributed by atoms with E-state index < -0.39 is 0 Å². The van der Waals surface area contributed by atoms with Crippen LogP contribution in [-0.4, -0.2) is 11.1 Å². The predicted octanol–water partition coefficient (Wildman–Crippen LogP) is 3.77. The second-order valence-electron chi connectivity index (χ2n) is 4.71. The number of benzene rings is 2. The molecular weight excluding hydrogens is 258 g/mol. The molecule has 0 fully saturated rings. The second-order valence-corrected chi connectivity index (χ2v) is 5.11. The number of rotatable bonds is 5. The quantitative estimate of drug-likeness (QED) is 0.871. The van der Waals surface area contributed by atoms with Gasteiger partial charge in [0, 0.05) is 23.2 Å². The molecule has 0 aliphatic heterocycles. The molecule has 19 heavy (non-hydrogen) atoms. The van der Waals surface area contributed by atoms with Crippen molar-refractivity contribution in [1.82, 2.24) is 5.32 Å². The summed E-state index contributed by atoms with van der Waals surface area (Å²) in [5.41, 5.74) is 2.05. The summed E-state index contributed by atoms with van der Waals surface area (Å²) in [4.78, 5) is 0. The van der Waals surface area contributed by atoms with Gasteiger partial charge >= 0.3 is 0 Å². The minimum atomic E-state index is 0.291. The topological polar surface area (TPSA) is 32.3 Å². The van der Waals surface area contributed by atoms with E-state index in [0.717, 1.165) is 22.6 Å². The number of nitrogens with one attached hydrogen (secondary N) is 1. The van der Waals surface area contributed by atoms with Gasteiger partial charge in [0.15, 0.2) is 0 Å². The van der Waals surface area contributed by atoms with Gasteiger partial charge in [0.2, 0.25) is 0 Å². The van der Waals surface area contributed by atoms with Crippen molar-refractivity contribution in [3.05, 3.63) is 64.7 Å². The number of halogens is 1. The molecule has 0 saturated heterocycles. The monoisotopic (exact) mass is 275 g/mol. The number of aromatic hydroxyl groups is 1. The van der Waals surface area contributed by atoms with Crippen molar-refractivity contribution in [1.29, 1.82) is 0 Å². The van der Waals surface area contributed by atoms with E-state index in [4.69, 9.17) is 11.6 Å². The van der Waals surface area contributed by atoms with E-state index >= 15 is 0 Å². The van der Waals surface area contributed by atoms with Gasteiger partial charge in [0.25, 0.3) is 0 Å². The predicted molar refractivity (Wildman–Crippen MR) is 79.6 cm³/mol. The molecule has 2 aromatic rings. The Labute approximate surface area is 119 Å². The Morgan fingerprint density at radius 3 is 2.37 bits per heavy atom. The average molecular weight is 276 g/mol. The van der Waals surface area contributed by atoms with Crippen LogP contribution in [0.25, 0.3) is 0 Å². The summed E-state index contributed by atoms with van der Waals surface area (Å²) in [6.07, 6.45) is 0.868. The zero-order chi connectivity index (χ0) is 13.7. The Morgan fingerprint density at radius 2 is 1.68 bits per heavy atom. The first-order chi connectivity index (χ1) is 9.16. The summed E-state index contributed by atoms with van der Waals surface area (Å²) in [6, 6.07) is 15.6. The first-order valence-electron chi connectivity index (χ1n) is 6.40. The van der Waals surface area contributed by atoms with E-state index in [1.165, 1.54) is 0 Å². The molecule has 0 aliphatic carbocycles. The van der Waals surface area contributed by atoms with Gasteiger partial charge in [-0.1, -0.05) is 48.0 Å². The maximum atomic E-state index is 9.70. The normalized spacial score (nSPS) is 12.3. The highest BCUT2D eigenvalue weighted by atomic mass is 35.5. The third kappa shape index (κ3) is 3.98. The van der Waals surface area contributed by atoms with E-state index in [9.17, 15) is 5.11 Å². The zero-order valence-corrected chi connectivity index (χ0v) is 11.7. The first kappa shape index (κ1) is 13.9. The van der Waals surface area contributed by atoms with Gasteiger partial charge in [0.1, 0.15) is 5.75 Å². The molecule has 0 aliphatic rings. The highest BCUT2D eigenvalue weighted by molar-refractivity contribution is 6.31. The van der Waals surface area contributed by atoms with E-state index in [0.29, 0.717) is 18.3 Å². The smallest absolute Gasteiger partial charge is 0.120 e. The van der Waals surface area contributed by atoms with Crippen molar-refractivity contribution in [3.8, 4) is 5.75 Å². The SMILES string of the molecule is CC(Cc1ccccc1Cl)NCc1ccccc1O. The molecular formula is C16H18ClNO. The number of hydrogen-bond donors (Lipinski definition) is 2. The molecule has 100 valence electrons. The van der Waals surface area contributed by atoms with E-state index in [2.05, 4.69) is 12.2 Å². The fourth-order valence-electron chi connectivity index (χ4n) is 2.01. The van der Waals surface area contributed by atoms with Gasteiger partial charge in [-0.15, -0.1) is 0 Å². The minimum Gasteiger partial charge on any atom is -0.508 e. The van der Waals surface area contributed by atoms with Crippen molar-refractivity contribution in [2.75, 3.05) is 0 Å². The number of phenols is 1. The lowest BCUT2D eigenvalue weighted by atomic mass is 10.1. The third-order valence-corrected chi connectivity index (χ3v) is 3.49. The van der Waals surface area contributed by atoms with Crippen LogP contribution in [0.4, 0.5) is 0 Å². The van der Waals surface area contributed by atoms with Gasteiger partial charge in [-0.05, 0) is 31.0 Å². The molecule has 1 unspecified atom stereocenters. The van der Waals surface area contributed by atoms with Crippen LogP contribution in [0.1, 0.15) is 18.1 Å². The molecule has 3 heteroatoms. The van der Waals surface area contributed by atoms with Crippen LogP contribution in [0.15, 0.2) is 48.5 Å². The maximum absolute atomic E-state index is 9.70. The molecule has 2 N–H and O–H groups in total. The number of hydrogen-bond acceptors (Lipinski definition) is 2. The van der Waals surface area contributed by atoms with Crippen LogP contribution in [0.2, 0.25) is 5.02 Å². The Morgan fingerprint density at radius 1 is 1.05 bits per heavy atom. The lowest BCUT2D eigenvalue weighted by Gasteiger charge is -2.15. The summed E-state index contributed by atoms with van der Waals surface area (Å²) in [5.74, 6) is 0.333. The molecule has 2 nitrogen and oxygen atoms in total. The molecule has 0 radical (unpaired) electrons. The van der Waals surface area contributed by atoms with Gasteiger partial charge in [0.05, 0.1) is 0 Å². The van der Waals surface area contributed by atoms with Gasteiger partial charge < -0.3 is 10.4 Å². The summed E-state index contributed by atoms with van der Waals surface area (Å²) < 4.78 is 0. The lowest BCUT2D eigenvalue weighted by molar-refractivity contribution is 0.458. The van der Waals surface area contributed by atoms with E-state index in [1.54, 1.807) is 6.07 Å². The van der Waals surface area contributed by atoms with Gasteiger partial charge in [-0.2, -0.15) is 0 Å². The average Bonchev–Trinajstić information content (AvgIpc) is 2.40. The minimum absolute atomic E-state index is 0.291. The van der Waals surface area contributed by atoms with Gasteiger partial charge in [-0.3, -0.25) is 0 Å². The summed E-state index contributed by atoms with van der Waals surface area (Å²) >= 11 is 6.14. The van der Waals surface area contributed by atoms with E-state index in [-0.39, 0.29) is 0 Å². The van der Waals surface area contributed by atoms with Crippen LogP contribution in [0.5, 0.6) is 5.75 Å². The molecule has 0 bridgehead atoms. The van der Waals surface area contributed by atoms with Crippen LogP contribution < -0.4 is 5.32 Å². The van der Waals surface area contributed by atoms with Crippen LogP contribution in [-0.2, 0) is 13.0 Å². The van der Waals surface area contributed by atoms with Crippen molar-refractivity contribution in [2.24, 2.45) is 0 Å². The number of phenolic OH excluding ortho intramolecular Hbond substituents is 1. The Balaban J connectivity index is 1.90. The molecule has 2 rings (SSSR count).